The van der Waals surface area contributed by atoms with Gasteiger partial charge in [0.05, 0.1) is 12.6 Å². The number of ether oxygens (including phenoxy) is 1. The minimum absolute atomic E-state index is 0.0558. The van der Waals surface area contributed by atoms with Gasteiger partial charge in [0.2, 0.25) is 5.91 Å². The van der Waals surface area contributed by atoms with Gasteiger partial charge in [0.1, 0.15) is 16.3 Å². The molecule has 2 bridgehead atoms. The number of nitrogens with one attached hydrogen (secondary N) is 1. The standard InChI is InChI=1S/C14H15BrN2O5/c1-2-21-9-5-10(22-14(20)11(9)15)13(19)17-7-3-4-8(17)12(18)16-6-7/h5,7-8H,2-4,6H2,1H3,(H,16,18). The van der Waals surface area contributed by atoms with Gasteiger partial charge < -0.3 is 19.4 Å². The molecule has 0 spiro atoms. The lowest BCUT2D eigenvalue weighted by molar-refractivity contribution is -0.127. The fourth-order valence-electron chi connectivity index (χ4n) is 2.93. The normalized spacial score (nSPS) is 23.4. The van der Waals surface area contributed by atoms with Crippen molar-refractivity contribution in [2.75, 3.05) is 13.2 Å². The van der Waals surface area contributed by atoms with Crippen LogP contribution in [0.25, 0.3) is 0 Å². The molecule has 1 N–H and O–H groups in total. The molecule has 3 heterocycles. The molecule has 118 valence electrons. The average molecular weight is 371 g/mol. The molecule has 2 saturated heterocycles. The molecule has 2 unspecified atom stereocenters. The molecule has 0 saturated carbocycles. The van der Waals surface area contributed by atoms with Crippen molar-refractivity contribution < 1.29 is 18.7 Å². The lowest BCUT2D eigenvalue weighted by atomic mass is 10.2. The Balaban J connectivity index is 1.96. The van der Waals surface area contributed by atoms with Crippen LogP contribution in [0.4, 0.5) is 0 Å². The Hall–Kier alpha value is -1.83. The Morgan fingerprint density at radius 3 is 3.00 bits per heavy atom. The molecule has 1 aromatic heterocycles. The van der Waals surface area contributed by atoms with Gasteiger partial charge in [-0.15, -0.1) is 0 Å². The highest BCUT2D eigenvalue weighted by molar-refractivity contribution is 9.10. The van der Waals surface area contributed by atoms with Crippen LogP contribution in [0.15, 0.2) is 19.8 Å². The van der Waals surface area contributed by atoms with Gasteiger partial charge in [-0.05, 0) is 35.7 Å². The highest BCUT2D eigenvalue weighted by Crippen LogP contribution is 2.30. The molecule has 0 radical (unpaired) electrons. The summed E-state index contributed by atoms with van der Waals surface area (Å²) in [5, 5.41) is 2.78. The minimum atomic E-state index is -0.678. The Bertz CT molecular complexity index is 686. The van der Waals surface area contributed by atoms with Crippen LogP contribution in [-0.4, -0.2) is 41.9 Å². The summed E-state index contributed by atoms with van der Waals surface area (Å²) < 4.78 is 10.5. The number of amides is 2. The summed E-state index contributed by atoms with van der Waals surface area (Å²) in [5.74, 6) is -0.460. The van der Waals surface area contributed by atoms with E-state index < -0.39 is 17.6 Å². The highest BCUT2D eigenvalue weighted by Gasteiger charge is 2.45. The van der Waals surface area contributed by atoms with Crippen molar-refractivity contribution in [1.29, 1.82) is 0 Å². The Morgan fingerprint density at radius 1 is 1.50 bits per heavy atom. The van der Waals surface area contributed by atoms with Crippen molar-refractivity contribution in [2.45, 2.75) is 31.8 Å². The number of rotatable bonds is 3. The van der Waals surface area contributed by atoms with Crippen molar-refractivity contribution >= 4 is 27.7 Å². The van der Waals surface area contributed by atoms with E-state index >= 15 is 0 Å². The molecule has 2 fully saturated rings. The zero-order valence-electron chi connectivity index (χ0n) is 11.9. The quantitative estimate of drug-likeness (QED) is 0.853. The second-order valence-electron chi connectivity index (χ2n) is 5.21. The van der Waals surface area contributed by atoms with Crippen LogP contribution in [0, 0.1) is 0 Å². The molecule has 1 aromatic rings. The Labute approximate surface area is 134 Å². The smallest absolute Gasteiger partial charge is 0.354 e. The van der Waals surface area contributed by atoms with E-state index in [1.54, 1.807) is 6.92 Å². The number of carbonyl (C=O) groups is 2. The first-order valence-electron chi connectivity index (χ1n) is 7.09. The van der Waals surface area contributed by atoms with E-state index in [2.05, 4.69) is 21.2 Å². The Kier molecular flexibility index (Phi) is 3.94. The molecular weight excluding hydrogens is 356 g/mol. The number of nitrogens with zero attached hydrogens (tertiary/aromatic N) is 1. The van der Waals surface area contributed by atoms with Gasteiger partial charge in [-0.25, -0.2) is 4.79 Å². The first-order valence-corrected chi connectivity index (χ1v) is 7.89. The average Bonchev–Trinajstić information content (AvgIpc) is 2.83. The van der Waals surface area contributed by atoms with Gasteiger partial charge in [-0.2, -0.15) is 0 Å². The van der Waals surface area contributed by atoms with Crippen LogP contribution in [0.2, 0.25) is 0 Å². The molecule has 7 nitrogen and oxygen atoms in total. The van der Waals surface area contributed by atoms with Gasteiger partial charge in [0.25, 0.3) is 5.91 Å². The lowest BCUT2D eigenvalue weighted by Gasteiger charge is -2.33. The van der Waals surface area contributed by atoms with Gasteiger partial charge in [-0.3, -0.25) is 9.59 Å². The SMILES string of the molecule is CCOc1cc(C(=O)N2C3CCC2C(=O)NC3)oc(=O)c1Br. The molecule has 2 amide bonds. The first kappa shape index (κ1) is 15.1. The van der Waals surface area contributed by atoms with Gasteiger partial charge >= 0.3 is 5.63 Å². The fourth-order valence-corrected chi connectivity index (χ4v) is 3.24. The maximum atomic E-state index is 12.7. The Morgan fingerprint density at radius 2 is 2.27 bits per heavy atom. The van der Waals surface area contributed by atoms with E-state index in [1.165, 1.54) is 11.0 Å². The monoisotopic (exact) mass is 370 g/mol. The largest absolute Gasteiger partial charge is 0.492 e. The van der Waals surface area contributed by atoms with Crippen LogP contribution in [0.5, 0.6) is 5.75 Å². The summed E-state index contributed by atoms with van der Waals surface area (Å²) in [6, 6.07) is 0.846. The zero-order chi connectivity index (χ0) is 15.9. The predicted molar refractivity (Wildman–Crippen MR) is 79.8 cm³/mol. The molecule has 2 atom stereocenters. The molecule has 3 rings (SSSR count). The summed E-state index contributed by atoms with van der Waals surface area (Å²) in [7, 11) is 0. The van der Waals surface area contributed by atoms with Gasteiger partial charge in [-0.1, -0.05) is 0 Å². The van der Waals surface area contributed by atoms with Gasteiger partial charge in [0, 0.05) is 12.6 Å². The van der Waals surface area contributed by atoms with E-state index in [9.17, 15) is 14.4 Å². The maximum absolute atomic E-state index is 12.7. The molecule has 0 aliphatic carbocycles. The number of carbonyl (C=O) groups excluding carboxylic acids is 2. The molecule has 2 aliphatic heterocycles. The van der Waals surface area contributed by atoms with Crippen LogP contribution in [0.1, 0.15) is 30.3 Å². The van der Waals surface area contributed by atoms with Crippen molar-refractivity contribution in [2.24, 2.45) is 0 Å². The maximum Gasteiger partial charge on any atom is 0.354 e. The summed E-state index contributed by atoms with van der Waals surface area (Å²) in [4.78, 5) is 37.9. The molecule has 0 aromatic carbocycles. The number of halogens is 1. The van der Waals surface area contributed by atoms with Crippen LogP contribution >= 0.6 is 15.9 Å². The highest BCUT2D eigenvalue weighted by atomic mass is 79.9. The van der Waals surface area contributed by atoms with E-state index in [1.807, 2.05) is 0 Å². The summed E-state index contributed by atoms with van der Waals surface area (Å²) in [6.07, 6.45) is 1.38. The van der Waals surface area contributed by atoms with E-state index in [4.69, 9.17) is 9.15 Å². The van der Waals surface area contributed by atoms with Crippen molar-refractivity contribution in [3.8, 4) is 5.75 Å². The van der Waals surface area contributed by atoms with Gasteiger partial charge in [0.15, 0.2) is 5.76 Å². The number of hydrogen-bond acceptors (Lipinski definition) is 5. The number of fused-ring (bicyclic) bond motifs is 2. The van der Waals surface area contributed by atoms with Crippen molar-refractivity contribution in [3.63, 3.8) is 0 Å². The second kappa shape index (κ2) is 5.75. The summed E-state index contributed by atoms with van der Waals surface area (Å²) in [5.41, 5.74) is -0.678. The topological polar surface area (TPSA) is 88.8 Å². The minimum Gasteiger partial charge on any atom is -0.492 e. The number of piperazine rings is 1. The third kappa shape index (κ3) is 2.41. The van der Waals surface area contributed by atoms with Crippen LogP contribution in [-0.2, 0) is 4.79 Å². The zero-order valence-corrected chi connectivity index (χ0v) is 13.5. The van der Waals surface area contributed by atoms with Crippen LogP contribution < -0.4 is 15.7 Å². The molecule has 2 aliphatic rings. The second-order valence-corrected chi connectivity index (χ2v) is 6.01. The molecule has 22 heavy (non-hydrogen) atoms. The fraction of sp³-hybridized carbons (Fsp3) is 0.500. The predicted octanol–water partition coefficient (Wildman–Crippen LogP) is 0.904. The van der Waals surface area contributed by atoms with E-state index in [0.29, 0.717) is 19.6 Å². The van der Waals surface area contributed by atoms with E-state index in [-0.39, 0.29) is 27.9 Å². The third-order valence-corrected chi connectivity index (χ3v) is 4.64. The van der Waals surface area contributed by atoms with E-state index in [0.717, 1.165) is 6.42 Å². The van der Waals surface area contributed by atoms with Crippen LogP contribution in [0.3, 0.4) is 0 Å². The summed E-state index contributed by atoms with van der Waals surface area (Å²) in [6.45, 7) is 2.56. The number of hydrogen-bond donors (Lipinski definition) is 1. The first-order chi connectivity index (χ1) is 10.5. The lowest BCUT2D eigenvalue weighted by Crippen LogP contribution is -2.57. The molecular formula is C14H15BrN2O5. The third-order valence-electron chi connectivity index (χ3n) is 3.92. The van der Waals surface area contributed by atoms with Crippen molar-refractivity contribution in [1.82, 2.24) is 10.2 Å². The molecule has 8 heteroatoms. The van der Waals surface area contributed by atoms with Crippen molar-refractivity contribution in [3.05, 3.63) is 26.7 Å². The summed E-state index contributed by atoms with van der Waals surface area (Å²) >= 11 is 3.09.